The maximum Gasteiger partial charge on any atom is 0.251 e. The van der Waals surface area contributed by atoms with Crippen molar-refractivity contribution in [3.8, 4) is 0 Å². The van der Waals surface area contributed by atoms with E-state index in [1.54, 1.807) is 22.1 Å². The zero-order valence-corrected chi connectivity index (χ0v) is 14.5. The quantitative estimate of drug-likeness (QED) is 0.778. The molecule has 0 aromatic carbocycles. The Morgan fingerprint density at radius 1 is 1.48 bits per heavy atom. The fourth-order valence-electron chi connectivity index (χ4n) is 3.21. The van der Waals surface area contributed by atoms with E-state index < -0.39 is 0 Å². The van der Waals surface area contributed by atoms with Gasteiger partial charge < -0.3 is 9.80 Å². The van der Waals surface area contributed by atoms with Gasteiger partial charge in [0.15, 0.2) is 5.13 Å². The number of carbonyl (C=O) groups is 2. The first kappa shape index (κ1) is 16.1. The van der Waals surface area contributed by atoms with Gasteiger partial charge in [-0.25, -0.2) is 4.98 Å². The third-order valence-electron chi connectivity index (χ3n) is 4.27. The average Bonchev–Trinajstić information content (AvgIpc) is 3.06. The number of aryl methyl sites for hydroxylation is 1. The van der Waals surface area contributed by atoms with Gasteiger partial charge in [-0.15, -0.1) is 11.3 Å². The van der Waals surface area contributed by atoms with Crippen molar-refractivity contribution in [2.45, 2.75) is 31.8 Å². The van der Waals surface area contributed by atoms with Crippen molar-refractivity contribution in [1.82, 2.24) is 14.8 Å². The van der Waals surface area contributed by atoms with Gasteiger partial charge >= 0.3 is 0 Å². The summed E-state index contributed by atoms with van der Waals surface area (Å²) in [6.45, 7) is 3.25. The van der Waals surface area contributed by atoms with Gasteiger partial charge in [0.05, 0.1) is 6.04 Å². The third kappa shape index (κ3) is 3.16. The van der Waals surface area contributed by atoms with E-state index in [2.05, 4.69) is 4.98 Å². The number of carbonyl (C=O) groups excluding carboxylic acids is 2. The molecular weight excluding hydrogens is 312 g/mol. The SMILES string of the molecule is Cc1cnc(N2CC3CCC(C2=O)N3C(=O)/C=C/CN(C)C)s1. The number of likely N-dealkylation sites (N-methyl/N-ethyl adjacent to an activating group) is 1. The summed E-state index contributed by atoms with van der Waals surface area (Å²) in [7, 11) is 3.91. The number of hydrogen-bond donors (Lipinski definition) is 0. The minimum Gasteiger partial charge on any atom is -0.322 e. The molecule has 7 heteroatoms. The molecule has 0 aliphatic carbocycles. The highest BCUT2D eigenvalue weighted by Gasteiger charge is 2.48. The maximum atomic E-state index is 12.8. The van der Waals surface area contributed by atoms with Crippen LogP contribution in [0.25, 0.3) is 0 Å². The number of nitrogens with zero attached hydrogens (tertiary/aromatic N) is 4. The number of fused-ring (bicyclic) bond motifs is 2. The second kappa shape index (κ2) is 6.41. The number of hydrogen-bond acceptors (Lipinski definition) is 5. The van der Waals surface area contributed by atoms with Crippen molar-refractivity contribution in [3.05, 3.63) is 23.2 Å². The van der Waals surface area contributed by atoms with Crippen LogP contribution in [0.2, 0.25) is 0 Å². The summed E-state index contributed by atoms with van der Waals surface area (Å²) in [6.07, 6.45) is 6.86. The molecule has 2 aliphatic heterocycles. The van der Waals surface area contributed by atoms with Gasteiger partial charge in [0.1, 0.15) is 6.04 Å². The molecule has 0 N–H and O–H groups in total. The van der Waals surface area contributed by atoms with Crippen LogP contribution in [0.15, 0.2) is 18.3 Å². The summed E-state index contributed by atoms with van der Waals surface area (Å²) in [5.41, 5.74) is 0. The van der Waals surface area contributed by atoms with Gasteiger partial charge in [-0.1, -0.05) is 6.08 Å². The van der Waals surface area contributed by atoms with E-state index in [9.17, 15) is 9.59 Å². The topological polar surface area (TPSA) is 56.8 Å². The summed E-state index contributed by atoms with van der Waals surface area (Å²) in [5, 5.41) is 0.750. The molecule has 2 amide bonds. The van der Waals surface area contributed by atoms with E-state index in [0.717, 1.165) is 22.9 Å². The van der Waals surface area contributed by atoms with E-state index >= 15 is 0 Å². The molecule has 0 spiro atoms. The lowest BCUT2D eigenvalue weighted by molar-refractivity contribution is -0.137. The number of anilines is 1. The molecule has 2 aliphatic rings. The van der Waals surface area contributed by atoms with E-state index in [1.807, 2.05) is 32.0 Å². The lowest BCUT2D eigenvalue weighted by atomic mass is 10.1. The highest BCUT2D eigenvalue weighted by Crippen LogP contribution is 2.35. The second-order valence-corrected chi connectivity index (χ2v) is 7.57. The third-order valence-corrected chi connectivity index (χ3v) is 5.21. The van der Waals surface area contributed by atoms with Crippen LogP contribution in [0.1, 0.15) is 17.7 Å². The zero-order valence-electron chi connectivity index (χ0n) is 13.7. The van der Waals surface area contributed by atoms with Crippen LogP contribution in [-0.2, 0) is 9.59 Å². The molecular formula is C16H22N4O2S. The molecule has 3 heterocycles. The summed E-state index contributed by atoms with van der Waals surface area (Å²) < 4.78 is 0. The number of amides is 2. The van der Waals surface area contributed by atoms with Crippen molar-refractivity contribution in [2.75, 3.05) is 32.1 Å². The molecule has 3 rings (SSSR count). The molecule has 0 saturated carbocycles. The first-order valence-electron chi connectivity index (χ1n) is 7.84. The standard InChI is InChI=1S/C16H22N4O2S/c1-11-9-17-16(23-11)19-10-12-6-7-13(15(19)22)20(12)14(21)5-4-8-18(2)3/h4-5,9,12-13H,6-8,10H2,1-3H3/b5-4+. The summed E-state index contributed by atoms with van der Waals surface area (Å²) in [6, 6.07) is -0.243. The Balaban J connectivity index is 1.74. The Hall–Kier alpha value is -1.73. The first-order valence-corrected chi connectivity index (χ1v) is 8.66. The molecule has 2 unspecified atom stereocenters. The summed E-state index contributed by atoms with van der Waals surface area (Å²) in [4.78, 5) is 36.2. The molecule has 124 valence electrons. The van der Waals surface area contributed by atoms with E-state index in [4.69, 9.17) is 0 Å². The molecule has 2 saturated heterocycles. The first-order chi connectivity index (χ1) is 11.0. The normalized spacial score (nSPS) is 24.3. The lowest BCUT2D eigenvalue weighted by Gasteiger charge is -2.38. The van der Waals surface area contributed by atoms with Gasteiger partial charge in [0.25, 0.3) is 5.91 Å². The Kier molecular flexibility index (Phi) is 4.50. The van der Waals surface area contributed by atoms with E-state index in [1.165, 1.54) is 11.3 Å². The summed E-state index contributed by atoms with van der Waals surface area (Å²) >= 11 is 1.53. The molecule has 2 atom stereocenters. The van der Waals surface area contributed by atoms with Crippen LogP contribution < -0.4 is 4.90 Å². The minimum atomic E-state index is -0.338. The molecule has 0 radical (unpaired) electrons. The van der Waals surface area contributed by atoms with Crippen molar-refractivity contribution in [2.24, 2.45) is 0 Å². The van der Waals surface area contributed by atoms with Crippen LogP contribution in [0.3, 0.4) is 0 Å². The highest BCUT2D eigenvalue weighted by atomic mass is 32.1. The fourth-order valence-corrected chi connectivity index (χ4v) is 3.98. The number of piperazine rings is 1. The zero-order chi connectivity index (χ0) is 16.6. The average molecular weight is 334 g/mol. The van der Waals surface area contributed by atoms with Crippen LogP contribution in [-0.4, -0.2) is 65.9 Å². The monoisotopic (exact) mass is 334 g/mol. The molecule has 2 fully saturated rings. The molecule has 1 aromatic heterocycles. The van der Waals surface area contributed by atoms with Gasteiger partial charge in [-0.2, -0.15) is 0 Å². The number of aromatic nitrogens is 1. The van der Waals surface area contributed by atoms with Crippen LogP contribution >= 0.6 is 11.3 Å². The predicted octanol–water partition coefficient (Wildman–Crippen LogP) is 1.28. The second-order valence-electron chi connectivity index (χ2n) is 6.36. The summed E-state index contributed by atoms with van der Waals surface area (Å²) in [5.74, 6) is -0.0508. The predicted molar refractivity (Wildman–Crippen MR) is 90.6 cm³/mol. The lowest BCUT2D eigenvalue weighted by Crippen LogP contribution is -2.59. The Bertz CT molecular complexity index is 640. The van der Waals surface area contributed by atoms with Crippen molar-refractivity contribution in [1.29, 1.82) is 0 Å². The largest absolute Gasteiger partial charge is 0.322 e. The van der Waals surface area contributed by atoms with Crippen LogP contribution in [0.5, 0.6) is 0 Å². The number of rotatable bonds is 4. The molecule has 23 heavy (non-hydrogen) atoms. The molecule has 6 nitrogen and oxygen atoms in total. The number of thiazole rings is 1. The van der Waals surface area contributed by atoms with Crippen LogP contribution in [0.4, 0.5) is 5.13 Å². The van der Waals surface area contributed by atoms with E-state index in [0.29, 0.717) is 13.1 Å². The molecule has 1 aromatic rings. The van der Waals surface area contributed by atoms with Crippen molar-refractivity contribution < 1.29 is 9.59 Å². The highest BCUT2D eigenvalue weighted by molar-refractivity contribution is 7.15. The smallest absolute Gasteiger partial charge is 0.251 e. The van der Waals surface area contributed by atoms with Crippen molar-refractivity contribution >= 4 is 28.3 Å². The van der Waals surface area contributed by atoms with Crippen LogP contribution in [0, 0.1) is 6.92 Å². The Labute approximate surface area is 140 Å². The Morgan fingerprint density at radius 3 is 2.91 bits per heavy atom. The van der Waals surface area contributed by atoms with Gasteiger partial charge in [-0.05, 0) is 33.9 Å². The van der Waals surface area contributed by atoms with Crippen molar-refractivity contribution in [3.63, 3.8) is 0 Å². The minimum absolute atomic E-state index is 0.00228. The molecule has 2 bridgehead atoms. The van der Waals surface area contributed by atoms with E-state index in [-0.39, 0.29) is 23.9 Å². The van der Waals surface area contributed by atoms with Gasteiger partial charge in [-0.3, -0.25) is 14.5 Å². The Morgan fingerprint density at radius 2 is 2.26 bits per heavy atom. The fraction of sp³-hybridized carbons (Fsp3) is 0.562. The maximum absolute atomic E-state index is 12.8. The van der Waals surface area contributed by atoms with Gasteiger partial charge in [0.2, 0.25) is 5.91 Å². The van der Waals surface area contributed by atoms with Gasteiger partial charge in [0, 0.05) is 30.2 Å².